The number of aliphatic hydroxyl groups is 1. The topological polar surface area (TPSA) is 89.9 Å². The number of carbonyl (C=O) groups excluding carboxylic acids is 1. The van der Waals surface area contributed by atoms with Gasteiger partial charge in [-0.2, -0.15) is 0 Å². The minimum absolute atomic E-state index is 0.0466. The number of methoxy groups -OCH3 is 2. The third-order valence-electron chi connectivity index (χ3n) is 6.12. The van der Waals surface area contributed by atoms with Gasteiger partial charge in [-0.1, -0.05) is 24.3 Å². The van der Waals surface area contributed by atoms with Gasteiger partial charge in [-0.05, 0) is 65.2 Å². The maximum atomic E-state index is 12.9. The number of ether oxygens (including phenoxy) is 3. The Bertz CT molecular complexity index is 1420. The summed E-state index contributed by atoms with van der Waals surface area (Å²) in [4.78, 5) is 17.9. The maximum Gasteiger partial charge on any atom is 0.228 e. The first kappa shape index (κ1) is 23.4. The highest BCUT2D eigenvalue weighted by molar-refractivity contribution is 6.02. The number of anilines is 1. The molecule has 4 aromatic rings. The Kier molecular flexibility index (Phi) is 6.56. The van der Waals surface area contributed by atoms with Crippen LogP contribution >= 0.6 is 0 Å². The van der Waals surface area contributed by atoms with E-state index in [9.17, 15) is 4.79 Å². The molecule has 1 aliphatic heterocycles. The lowest BCUT2D eigenvalue weighted by Crippen LogP contribution is -2.13. The summed E-state index contributed by atoms with van der Waals surface area (Å²) in [5, 5.41) is 12.0. The number of amides is 1. The number of hydrogen-bond acceptors (Lipinski definition) is 6. The number of aliphatic hydroxyl groups excluding tert-OH is 1. The van der Waals surface area contributed by atoms with Gasteiger partial charge in [-0.3, -0.25) is 4.79 Å². The Balaban J connectivity index is 1.73. The third-order valence-corrected chi connectivity index (χ3v) is 6.12. The number of nitrogens with zero attached hydrogens (tertiary/aromatic N) is 1. The van der Waals surface area contributed by atoms with E-state index in [1.54, 1.807) is 14.2 Å². The molecular weight excluding hydrogens is 456 g/mol. The zero-order valence-corrected chi connectivity index (χ0v) is 20.1. The van der Waals surface area contributed by atoms with Crippen LogP contribution in [0.3, 0.4) is 0 Å². The van der Waals surface area contributed by atoms with Crippen molar-refractivity contribution in [1.82, 2.24) is 4.98 Å². The molecule has 7 nitrogen and oxygen atoms in total. The van der Waals surface area contributed by atoms with Gasteiger partial charge in [0.15, 0.2) is 11.5 Å². The van der Waals surface area contributed by atoms with Gasteiger partial charge in [0.05, 0.1) is 44.3 Å². The van der Waals surface area contributed by atoms with Crippen molar-refractivity contribution in [3.8, 4) is 50.9 Å². The highest BCUT2D eigenvalue weighted by Crippen LogP contribution is 2.41. The molecule has 0 fully saturated rings. The fourth-order valence-electron chi connectivity index (χ4n) is 4.42. The first-order chi connectivity index (χ1) is 17.6. The SMILES string of the molecule is COc1ccc(-c2cc(-c3ccc(OCCO)cc3)nc3c2CC(=O)Nc2ccccc2-3)cc1OC. The van der Waals surface area contributed by atoms with Crippen molar-refractivity contribution in [2.75, 3.05) is 32.8 Å². The summed E-state index contributed by atoms with van der Waals surface area (Å²) >= 11 is 0. The first-order valence-electron chi connectivity index (χ1n) is 11.6. The number of nitrogens with one attached hydrogen (secondary N) is 1. The first-order valence-corrected chi connectivity index (χ1v) is 11.6. The predicted molar refractivity (Wildman–Crippen MR) is 139 cm³/mol. The molecular formula is C29H26N2O5. The highest BCUT2D eigenvalue weighted by Gasteiger charge is 2.25. The number of aromatic nitrogens is 1. The van der Waals surface area contributed by atoms with Crippen LogP contribution in [0.4, 0.5) is 5.69 Å². The molecule has 0 saturated carbocycles. The van der Waals surface area contributed by atoms with Crippen LogP contribution in [0.5, 0.6) is 17.2 Å². The highest BCUT2D eigenvalue weighted by atomic mass is 16.5. The summed E-state index contributed by atoms with van der Waals surface area (Å²) < 4.78 is 16.5. The predicted octanol–water partition coefficient (Wildman–Crippen LogP) is 4.97. The van der Waals surface area contributed by atoms with Crippen molar-refractivity contribution in [3.05, 3.63) is 78.4 Å². The molecule has 7 heteroatoms. The Hall–Kier alpha value is -4.36. The lowest BCUT2D eigenvalue weighted by molar-refractivity contribution is -0.115. The number of pyridine rings is 1. The second-order valence-corrected chi connectivity index (χ2v) is 8.32. The lowest BCUT2D eigenvalue weighted by atomic mass is 9.92. The summed E-state index contributed by atoms with van der Waals surface area (Å²) in [6.07, 6.45) is 0.189. The molecule has 0 radical (unpaired) electrons. The molecule has 1 amide bonds. The number of rotatable bonds is 7. The summed E-state index contributed by atoms with van der Waals surface area (Å²) in [5.74, 6) is 1.81. The molecule has 36 heavy (non-hydrogen) atoms. The molecule has 3 aromatic carbocycles. The summed E-state index contributed by atoms with van der Waals surface area (Å²) in [5.41, 5.74) is 6.64. The standard InChI is InChI=1S/C29H26N2O5/c1-34-26-12-9-19(15-27(26)35-2)22-16-25(18-7-10-20(11-8-18)36-14-13-32)31-29-21-5-3-4-6-24(21)30-28(33)17-23(22)29/h3-12,15-16,32H,13-14,17H2,1-2H3,(H,30,33). The molecule has 1 aliphatic rings. The maximum absolute atomic E-state index is 12.9. The van der Waals surface area contributed by atoms with E-state index in [1.807, 2.05) is 72.8 Å². The number of para-hydroxylation sites is 1. The van der Waals surface area contributed by atoms with Gasteiger partial charge in [-0.25, -0.2) is 4.98 Å². The minimum Gasteiger partial charge on any atom is -0.493 e. The number of fused-ring (bicyclic) bond motifs is 3. The van der Waals surface area contributed by atoms with E-state index >= 15 is 0 Å². The van der Waals surface area contributed by atoms with E-state index in [-0.39, 0.29) is 25.5 Å². The Morgan fingerprint density at radius 1 is 0.889 bits per heavy atom. The van der Waals surface area contributed by atoms with Gasteiger partial charge >= 0.3 is 0 Å². The number of hydrogen-bond donors (Lipinski definition) is 2. The Morgan fingerprint density at radius 3 is 2.39 bits per heavy atom. The number of carbonyl (C=O) groups is 1. The van der Waals surface area contributed by atoms with Gasteiger partial charge in [0, 0.05) is 11.1 Å². The van der Waals surface area contributed by atoms with E-state index in [1.165, 1.54) is 0 Å². The zero-order chi connectivity index (χ0) is 25.1. The molecule has 0 unspecified atom stereocenters. The van der Waals surface area contributed by atoms with E-state index in [2.05, 4.69) is 5.32 Å². The minimum atomic E-state index is -0.0946. The fourth-order valence-corrected chi connectivity index (χ4v) is 4.42. The average Bonchev–Trinajstić information content (AvgIpc) is 3.06. The Morgan fingerprint density at radius 2 is 1.64 bits per heavy atom. The van der Waals surface area contributed by atoms with Gasteiger partial charge in [0.25, 0.3) is 0 Å². The van der Waals surface area contributed by atoms with Crippen molar-refractivity contribution in [2.24, 2.45) is 0 Å². The molecule has 0 aliphatic carbocycles. The van der Waals surface area contributed by atoms with Crippen LogP contribution in [0.1, 0.15) is 5.56 Å². The van der Waals surface area contributed by atoms with Crippen LogP contribution in [-0.4, -0.2) is 43.4 Å². The molecule has 5 rings (SSSR count). The molecule has 0 spiro atoms. The van der Waals surface area contributed by atoms with E-state index < -0.39 is 0 Å². The molecule has 182 valence electrons. The van der Waals surface area contributed by atoms with Crippen LogP contribution < -0.4 is 19.5 Å². The van der Waals surface area contributed by atoms with Crippen molar-refractivity contribution in [3.63, 3.8) is 0 Å². The van der Waals surface area contributed by atoms with Crippen LogP contribution in [0.2, 0.25) is 0 Å². The molecule has 2 N–H and O–H groups in total. The van der Waals surface area contributed by atoms with Crippen LogP contribution in [0.25, 0.3) is 33.6 Å². The Labute approximate surface area is 209 Å². The third kappa shape index (κ3) is 4.48. The van der Waals surface area contributed by atoms with Crippen molar-refractivity contribution < 1.29 is 24.1 Å². The van der Waals surface area contributed by atoms with Crippen molar-refractivity contribution >= 4 is 11.6 Å². The summed E-state index contributed by atoms with van der Waals surface area (Å²) in [7, 11) is 3.20. The summed E-state index contributed by atoms with van der Waals surface area (Å²) in [6, 6.07) is 23.0. The smallest absolute Gasteiger partial charge is 0.228 e. The molecule has 0 saturated heterocycles. The van der Waals surface area contributed by atoms with E-state index in [4.69, 9.17) is 24.3 Å². The number of benzene rings is 3. The van der Waals surface area contributed by atoms with Crippen molar-refractivity contribution in [1.29, 1.82) is 0 Å². The van der Waals surface area contributed by atoms with Gasteiger partial charge in [-0.15, -0.1) is 0 Å². The lowest BCUT2D eigenvalue weighted by Gasteiger charge is -2.17. The van der Waals surface area contributed by atoms with Gasteiger partial charge < -0.3 is 24.6 Å². The van der Waals surface area contributed by atoms with Crippen LogP contribution in [0.15, 0.2) is 72.8 Å². The quantitative estimate of drug-likeness (QED) is 0.387. The summed E-state index contributed by atoms with van der Waals surface area (Å²) in [6.45, 7) is 0.187. The van der Waals surface area contributed by atoms with Crippen molar-refractivity contribution in [2.45, 2.75) is 6.42 Å². The fraction of sp³-hybridized carbons (Fsp3) is 0.172. The monoisotopic (exact) mass is 482 g/mol. The van der Waals surface area contributed by atoms with Crippen LogP contribution in [0, 0.1) is 0 Å². The van der Waals surface area contributed by atoms with Crippen LogP contribution in [-0.2, 0) is 11.2 Å². The second kappa shape index (κ2) is 10.1. The normalized spacial score (nSPS) is 12.1. The zero-order valence-electron chi connectivity index (χ0n) is 20.1. The van der Waals surface area contributed by atoms with Gasteiger partial charge in [0.1, 0.15) is 12.4 Å². The van der Waals surface area contributed by atoms with Gasteiger partial charge in [0.2, 0.25) is 5.91 Å². The molecule has 2 heterocycles. The van der Waals surface area contributed by atoms with E-state index in [0.29, 0.717) is 17.2 Å². The van der Waals surface area contributed by atoms with E-state index in [0.717, 1.165) is 44.9 Å². The molecule has 0 atom stereocenters. The second-order valence-electron chi connectivity index (χ2n) is 8.32. The molecule has 0 bridgehead atoms. The largest absolute Gasteiger partial charge is 0.493 e. The molecule has 1 aromatic heterocycles. The average molecular weight is 483 g/mol.